The van der Waals surface area contributed by atoms with Crippen LogP contribution in [0, 0.1) is 0 Å². The van der Waals surface area contributed by atoms with Crippen LogP contribution in [0.4, 0.5) is 5.82 Å². The standard InChI is InChI=1S/C19H24N6O2S/c26-28(27,25-11-3-1-2-4-12-25)16-7-5-15(6-8-16)9-10-20-18-17-19(22-13-21-17)24-14-23-18/h5-8,13-14H,1-4,9-12H2,(H2,20,21,22,23,24). The molecule has 0 atom stereocenters. The van der Waals surface area contributed by atoms with Crippen LogP contribution in [0.25, 0.3) is 11.2 Å². The van der Waals surface area contributed by atoms with Gasteiger partial charge in [-0.1, -0.05) is 25.0 Å². The zero-order valence-corrected chi connectivity index (χ0v) is 16.5. The third kappa shape index (κ3) is 4.00. The van der Waals surface area contributed by atoms with E-state index in [2.05, 4.69) is 25.3 Å². The van der Waals surface area contributed by atoms with Crippen LogP contribution < -0.4 is 5.32 Å². The smallest absolute Gasteiger partial charge is 0.243 e. The molecular formula is C19H24N6O2S. The summed E-state index contributed by atoms with van der Waals surface area (Å²) in [5.41, 5.74) is 2.47. The zero-order valence-electron chi connectivity index (χ0n) is 15.6. The van der Waals surface area contributed by atoms with E-state index in [4.69, 9.17) is 0 Å². The Morgan fingerprint density at radius 1 is 1.00 bits per heavy atom. The number of nitrogens with one attached hydrogen (secondary N) is 2. The highest BCUT2D eigenvalue weighted by Crippen LogP contribution is 2.21. The van der Waals surface area contributed by atoms with Crippen LogP contribution in [0.15, 0.2) is 41.8 Å². The zero-order chi connectivity index (χ0) is 19.4. The van der Waals surface area contributed by atoms with Crippen LogP contribution in [0.2, 0.25) is 0 Å². The van der Waals surface area contributed by atoms with Crippen LogP contribution >= 0.6 is 0 Å². The van der Waals surface area contributed by atoms with Gasteiger partial charge in [-0.2, -0.15) is 4.31 Å². The summed E-state index contributed by atoms with van der Waals surface area (Å²) in [5, 5.41) is 3.28. The van der Waals surface area contributed by atoms with Crippen LogP contribution in [-0.4, -0.2) is 52.3 Å². The molecular weight excluding hydrogens is 376 g/mol. The first-order valence-corrected chi connectivity index (χ1v) is 11.1. The highest BCUT2D eigenvalue weighted by atomic mass is 32.2. The molecule has 0 amide bonds. The van der Waals surface area contributed by atoms with E-state index in [1.165, 1.54) is 6.33 Å². The lowest BCUT2D eigenvalue weighted by Gasteiger charge is -2.20. The molecule has 0 radical (unpaired) electrons. The topological polar surface area (TPSA) is 104 Å². The van der Waals surface area contributed by atoms with Gasteiger partial charge in [0, 0.05) is 19.6 Å². The molecule has 9 heteroatoms. The van der Waals surface area contributed by atoms with Gasteiger partial charge >= 0.3 is 0 Å². The minimum atomic E-state index is -3.39. The van der Waals surface area contributed by atoms with Crippen molar-refractivity contribution < 1.29 is 8.42 Å². The van der Waals surface area contributed by atoms with E-state index in [0.717, 1.165) is 43.2 Å². The number of benzene rings is 1. The number of hydrogen-bond donors (Lipinski definition) is 2. The van der Waals surface area contributed by atoms with Crippen molar-refractivity contribution in [1.82, 2.24) is 24.2 Å². The van der Waals surface area contributed by atoms with Crippen molar-refractivity contribution in [2.75, 3.05) is 25.0 Å². The first-order valence-electron chi connectivity index (χ1n) is 9.62. The first-order chi connectivity index (χ1) is 13.6. The summed E-state index contributed by atoms with van der Waals surface area (Å²) >= 11 is 0. The number of fused-ring (bicyclic) bond motifs is 1. The number of imidazole rings is 1. The predicted octanol–water partition coefficient (Wildman–Crippen LogP) is 2.57. The Morgan fingerprint density at radius 2 is 1.75 bits per heavy atom. The van der Waals surface area contributed by atoms with Crippen molar-refractivity contribution >= 4 is 27.0 Å². The molecule has 148 valence electrons. The molecule has 2 aromatic heterocycles. The number of aromatic amines is 1. The molecule has 1 aliphatic rings. The number of anilines is 1. The van der Waals surface area contributed by atoms with Crippen LogP contribution in [0.3, 0.4) is 0 Å². The maximum absolute atomic E-state index is 12.8. The average molecular weight is 401 g/mol. The molecule has 0 bridgehead atoms. The monoisotopic (exact) mass is 400 g/mol. The molecule has 1 saturated heterocycles. The summed E-state index contributed by atoms with van der Waals surface area (Å²) in [7, 11) is -3.39. The summed E-state index contributed by atoms with van der Waals surface area (Å²) in [5.74, 6) is 0.711. The molecule has 1 fully saturated rings. The molecule has 1 aliphatic heterocycles. The Hall–Kier alpha value is -2.52. The number of aromatic nitrogens is 4. The second-order valence-corrected chi connectivity index (χ2v) is 8.90. The third-order valence-electron chi connectivity index (χ3n) is 5.06. The first kappa shape index (κ1) is 18.8. The number of H-pyrrole nitrogens is 1. The number of nitrogens with zero attached hydrogens (tertiary/aromatic N) is 4. The second kappa shape index (κ2) is 8.24. The van der Waals surface area contributed by atoms with Gasteiger partial charge < -0.3 is 10.3 Å². The molecule has 3 heterocycles. The van der Waals surface area contributed by atoms with E-state index in [1.54, 1.807) is 22.8 Å². The molecule has 4 rings (SSSR count). The molecule has 1 aromatic carbocycles. The maximum atomic E-state index is 12.8. The van der Waals surface area contributed by atoms with E-state index < -0.39 is 10.0 Å². The molecule has 28 heavy (non-hydrogen) atoms. The van der Waals surface area contributed by atoms with E-state index >= 15 is 0 Å². The van der Waals surface area contributed by atoms with E-state index in [1.807, 2.05) is 12.1 Å². The van der Waals surface area contributed by atoms with Gasteiger partial charge in [-0.3, -0.25) is 0 Å². The fourth-order valence-corrected chi connectivity index (χ4v) is 5.00. The lowest BCUT2D eigenvalue weighted by molar-refractivity contribution is 0.423. The Kier molecular flexibility index (Phi) is 5.54. The van der Waals surface area contributed by atoms with Gasteiger partial charge in [-0.15, -0.1) is 0 Å². The summed E-state index contributed by atoms with van der Waals surface area (Å²) in [6.45, 7) is 1.91. The highest BCUT2D eigenvalue weighted by molar-refractivity contribution is 7.89. The Bertz CT molecular complexity index is 1020. The van der Waals surface area contributed by atoms with Crippen molar-refractivity contribution in [2.24, 2.45) is 0 Å². The maximum Gasteiger partial charge on any atom is 0.243 e. The third-order valence-corrected chi connectivity index (χ3v) is 6.97. The molecule has 3 aromatic rings. The van der Waals surface area contributed by atoms with Gasteiger partial charge in [-0.05, 0) is 37.0 Å². The summed E-state index contributed by atoms with van der Waals surface area (Å²) in [6, 6.07) is 7.21. The minimum absolute atomic E-state index is 0.376. The van der Waals surface area contributed by atoms with Crippen molar-refractivity contribution in [3.05, 3.63) is 42.5 Å². The molecule has 8 nitrogen and oxygen atoms in total. The van der Waals surface area contributed by atoms with Crippen LogP contribution in [0.1, 0.15) is 31.2 Å². The van der Waals surface area contributed by atoms with Crippen molar-refractivity contribution in [3.63, 3.8) is 0 Å². The highest BCUT2D eigenvalue weighted by Gasteiger charge is 2.24. The summed E-state index contributed by atoms with van der Waals surface area (Å²) < 4.78 is 27.3. The lowest BCUT2D eigenvalue weighted by Crippen LogP contribution is -2.31. The van der Waals surface area contributed by atoms with Gasteiger partial charge in [-0.25, -0.2) is 23.4 Å². The van der Waals surface area contributed by atoms with E-state index in [0.29, 0.717) is 36.0 Å². The van der Waals surface area contributed by atoms with E-state index in [-0.39, 0.29) is 0 Å². The van der Waals surface area contributed by atoms with Gasteiger partial charge in [0.15, 0.2) is 11.5 Å². The molecule has 0 unspecified atom stereocenters. The lowest BCUT2D eigenvalue weighted by atomic mass is 10.1. The Morgan fingerprint density at radius 3 is 2.50 bits per heavy atom. The normalized spacial score (nSPS) is 16.1. The fraction of sp³-hybridized carbons (Fsp3) is 0.421. The minimum Gasteiger partial charge on any atom is -0.368 e. The summed E-state index contributed by atoms with van der Waals surface area (Å²) in [6.07, 6.45) is 7.92. The van der Waals surface area contributed by atoms with Gasteiger partial charge in [0.1, 0.15) is 11.8 Å². The molecule has 2 N–H and O–H groups in total. The molecule has 0 spiro atoms. The van der Waals surface area contributed by atoms with Crippen molar-refractivity contribution in [1.29, 1.82) is 0 Å². The van der Waals surface area contributed by atoms with Crippen LogP contribution in [-0.2, 0) is 16.4 Å². The molecule has 0 aliphatic carbocycles. The quantitative estimate of drug-likeness (QED) is 0.659. The largest absolute Gasteiger partial charge is 0.368 e. The number of hydrogen-bond acceptors (Lipinski definition) is 6. The Labute approximate surface area is 164 Å². The van der Waals surface area contributed by atoms with Crippen molar-refractivity contribution in [3.8, 4) is 0 Å². The van der Waals surface area contributed by atoms with Crippen LogP contribution in [0.5, 0.6) is 0 Å². The second-order valence-electron chi connectivity index (χ2n) is 6.96. The molecule has 0 saturated carbocycles. The average Bonchev–Trinajstić information content (AvgIpc) is 3.02. The van der Waals surface area contributed by atoms with Crippen molar-refractivity contribution in [2.45, 2.75) is 37.0 Å². The van der Waals surface area contributed by atoms with Gasteiger partial charge in [0.2, 0.25) is 10.0 Å². The predicted molar refractivity (Wildman–Crippen MR) is 108 cm³/mol. The fourth-order valence-electron chi connectivity index (χ4n) is 3.48. The number of rotatable bonds is 6. The van der Waals surface area contributed by atoms with Gasteiger partial charge in [0.25, 0.3) is 0 Å². The summed E-state index contributed by atoms with van der Waals surface area (Å²) in [4.78, 5) is 15.8. The SMILES string of the molecule is O=S(=O)(c1ccc(CCNc2ncnc3nc[nH]c23)cc1)N1CCCCCC1. The number of sulfonamides is 1. The van der Waals surface area contributed by atoms with E-state index in [9.17, 15) is 8.42 Å². The Balaban J connectivity index is 1.38. The van der Waals surface area contributed by atoms with Gasteiger partial charge in [0.05, 0.1) is 11.2 Å².